The van der Waals surface area contributed by atoms with Crippen molar-refractivity contribution in [3.8, 4) is 5.75 Å². The van der Waals surface area contributed by atoms with Crippen molar-refractivity contribution >= 4 is 0 Å². The molecule has 1 aromatic carbocycles. The normalized spacial score (nSPS) is 10.9. The maximum atomic E-state index is 12.7. The van der Waals surface area contributed by atoms with Crippen LogP contribution in [-0.2, 0) is 0 Å². The standard InChI is InChI=1S/C16H26FNO/c1-3-18(4-2)13-7-5-6-8-14-19-16-11-9-15(17)10-12-16/h9-12H,3-8,13-14H2,1-2H3/p+1. The van der Waals surface area contributed by atoms with E-state index < -0.39 is 0 Å². The van der Waals surface area contributed by atoms with E-state index in [2.05, 4.69) is 13.8 Å². The van der Waals surface area contributed by atoms with Gasteiger partial charge in [0.2, 0.25) is 0 Å². The summed E-state index contributed by atoms with van der Waals surface area (Å²) in [6.45, 7) is 8.95. The lowest BCUT2D eigenvalue weighted by molar-refractivity contribution is -0.896. The number of quaternary nitrogens is 1. The Hall–Kier alpha value is -1.09. The molecular formula is C16H27FNO+. The summed E-state index contributed by atoms with van der Waals surface area (Å²) in [4.78, 5) is 1.68. The van der Waals surface area contributed by atoms with Gasteiger partial charge in [0.25, 0.3) is 0 Å². The van der Waals surface area contributed by atoms with Crippen LogP contribution in [0.25, 0.3) is 0 Å². The molecule has 0 spiro atoms. The molecule has 0 aliphatic carbocycles. The van der Waals surface area contributed by atoms with Crippen molar-refractivity contribution in [1.82, 2.24) is 0 Å². The van der Waals surface area contributed by atoms with Gasteiger partial charge in [0.05, 0.1) is 26.2 Å². The Kier molecular flexibility index (Phi) is 8.23. The van der Waals surface area contributed by atoms with E-state index in [1.165, 1.54) is 51.0 Å². The number of halogens is 1. The van der Waals surface area contributed by atoms with E-state index in [1.807, 2.05) is 0 Å². The summed E-state index contributed by atoms with van der Waals surface area (Å²) in [5.41, 5.74) is 0. The van der Waals surface area contributed by atoms with Crippen molar-refractivity contribution in [3.63, 3.8) is 0 Å². The van der Waals surface area contributed by atoms with Gasteiger partial charge >= 0.3 is 0 Å². The zero-order chi connectivity index (χ0) is 13.9. The van der Waals surface area contributed by atoms with Crippen LogP contribution in [0.5, 0.6) is 5.75 Å². The molecule has 2 nitrogen and oxygen atoms in total. The predicted molar refractivity (Wildman–Crippen MR) is 77.3 cm³/mol. The van der Waals surface area contributed by atoms with Crippen molar-refractivity contribution < 1.29 is 14.0 Å². The molecule has 1 N–H and O–H groups in total. The summed E-state index contributed by atoms with van der Waals surface area (Å²) in [5, 5.41) is 0. The third kappa shape index (κ3) is 7.16. The van der Waals surface area contributed by atoms with Crippen LogP contribution in [0.4, 0.5) is 4.39 Å². The van der Waals surface area contributed by atoms with E-state index >= 15 is 0 Å². The molecule has 0 aromatic heterocycles. The summed E-state index contributed by atoms with van der Waals surface area (Å²) in [7, 11) is 0. The van der Waals surface area contributed by atoms with Crippen LogP contribution < -0.4 is 9.64 Å². The predicted octanol–water partition coefficient (Wildman–Crippen LogP) is 2.69. The molecule has 0 fully saturated rings. The van der Waals surface area contributed by atoms with Gasteiger partial charge in [-0.3, -0.25) is 0 Å². The minimum absolute atomic E-state index is 0.216. The molecule has 0 amide bonds. The summed E-state index contributed by atoms with van der Waals surface area (Å²) in [6.07, 6.45) is 4.86. The van der Waals surface area contributed by atoms with Crippen molar-refractivity contribution in [2.45, 2.75) is 39.5 Å². The van der Waals surface area contributed by atoms with Crippen LogP contribution in [0.15, 0.2) is 24.3 Å². The van der Waals surface area contributed by atoms with E-state index in [0.717, 1.165) is 18.8 Å². The number of hydrogen-bond acceptors (Lipinski definition) is 1. The molecule has 0 atom stereocenters. The highest BCUT2D eigenvalue weighted by molar-refractivity contribution is 5.21. The molecule has 1 aromatic rings. The van der Waals surface area contributed by atoms with E-state index in [1.54, 1.807) is 17.0 Å². The summed E-state index contributed by atoms with van der Waals surface area (Å²) in [6, 6.07) is 6.22. The van der Waals surface area contributed by atoms with Gasteiger partial charge in [0.15, 0.2) is 0 Å². The lowest BCUT2D eigenvalue weighted by Gasteiger charge is -2.14. The number of hydrogen-bond donors (Lipinski definition) is 1. The van der Waals surface area contributed by atoms with E-state index in [-0.39, 0.29) is 5.82 Å². The van der Waals surface area contributed by atoms with Gasteiger partial charge in [-0.15, -0.1) is 0 Å². The second-order valence-electron chi connectivity index (χ2n) is 4.92. The zero-order valence-corrected chi connectivity index (χ0v) is 12.3. The molecule has 19 heavy (non-hydrogen) atoms. The fourth-order valence-electron chi connectivity index (χ4n) is 2.16. The summed E-state index contributed by atoms with van der Waals surface area (Å²) in [5.74, 6) is 0.542. The number of nitrogens with one attached hydrogen (secondary N) is 1. The first-order valence-corrected chi connectivity index (χ1v) is 7.48. The summed E-state index contributed by atoms with van der Waals surface area (Å²) >= 11 is 0. The van der Waals surface area contributed by atoms with Gasteiger partial charge in [0, 0.05) is 0 Å². The Bertz CT molecular complexity index is 322. The van der Waals surface area contributed by atoms with Gasteiger partial charge < -0.3 is 9.64 Å². The highest BCUT2D eigenvalue weighted by Crippen LogP contribution is 2.11. The van der Waals surface area contributed by atoms with Crippen LogP contribution in [0, 0.1) is 5.82 Å². The minimum Gasteiger partial charge on any atom is -0.494 e. The van der Waals surface area contributed by atoms with Crippen LogP contribution in [0.3, 0.4) is 0 Å². The largest absolute Gasteiger partial charge is 0.494 e. The minimum atomic E-state index is -0.216. The Balaban J connectivity index is 1.98. The van der Waals surface area contributed by atoms with Crippen molar-refractivity contribution in [3.05, 3.63) is 30.1 Å². The number of benzene rings is 1. The van der Waals surface area contributed by atoms with Crippen LogP contribution >= 0.6 is 0 Å². The molecule has 0 aliphatic heterocycles. The molecule has 0 unspecified atom stereocenters. The lowest BCUT2D eigenvalue weighted by Crippen LogP contribution is -3.11. The van der Waals surface area contributed by atoms with Gasteiger partial charge in [-0.25, -0.2) is 4.39 Å². The molecule has 0 aliphatic rings. The topological polar surface area (TPSA) is 13.7 Å². The molecule has 1 rings (SSSR count). The Morgan fingerprint density at radius 1 is 0.947 bits per heavy atom. The maximum Gasteiger partial charge on any atom is 0.123 e. The highest BCUT2D eigenvalue weighted by atomic mass is 19.1. The first-order chi connectivity index (χ1) is 9.26. The van der Waals surface area contributed by atoms with Crippen molar-refractivity contribution in [2.24, 2.45) is 0 Å². The third-order valence-corrected chi connectivity index (χ3v) is 3.51. The number of ether oxygens (including phenoxy) is 1. The monoisotopic (exact) mass is 268 g/mol. The van der Waals surface area contributed by atoms with Crippen molar-refractivity contribution in [1.29, 1.82) is 0 Å². The van der Waals surface area contributed by atoms with Crippen LogP contribution in [-0.4, -0.2) is 26.2 Å². The van der Waals surface area contributed by atoms with Gasteiger partial charge in [-0.1, -0.05) is 0 Å². The fourth-order valence-corrected chi connectivity index (χ4v) is 2.16. The lowest BCUT2D eigenvalue weighted by atomic mass is 10.2. The van der Waals surface area contributed by atoms with Gasteiger partial charge in [0.1, 0.15) is 11.6 Å². The van der Waals surface area contributed by atoms with E-state index in [9.17, 15) is 4.39 Å². The smallest absolute Gasteiger partial charge is 0.123 e. The molecule has 108 valence electrons. The second-order valence-corrected chi connectivity index (χ2v) is 4.92. The quantitative estimate of drug-likeness (QED) is 0.644. The van der Waals surface area contributed by atoms with Gasteiger partial charge in [-0.05, 0) is 63.8 Å². The average molecular weight is 268 g/mol. The number of rotatable bonds is 10. The number of unbranched alkanes of at least 4 members (excludes halogenated alkanes) is 3. The molecule has 0 saturated carbocycles. The Labute approximate surface area is 116 Å². The highest BCUT2D eigenvalue weighted by Gasteiger charge is 2.01. The molecule has 0 radical (unpaired) electrons. The Morgan fingerprint density at radius 2 is 1.58 bits per heavy atom. The molecule has 3 heteroatoms. The molecular weight excluding hydrogens is 241 g/mol. The second kappa shape index (κ2) is 9.79. The van der Waals surface area contributed by atoms with Crippen LogP contribution in [0.1, 0.15) is 39.5 Å². The maximum absolute atomic E-state index is 12.7. The first kappa shape index (κ1) is 16.0. The Morgan fingerprint density at radius 3 is 2.21 bits per heavy atom. The summed E-state index contributed by atoms with van der Waals surface area (Å²) < 4.78 is 18.2. The zero-order valence-electron chi connectivity index (χ0n) is 12.3. The third-order valence-electron chi connectivity index (χ3n) is 3.51. The first-order valence-electron chi connectivity index (χ1n) is 7.48. The molecule has 0 bridgehead atoms. The van der Waals surface area contributed by atoms with Crippen LogP contribution in [0.2, 0.25) is 0 Å². The molecule has 0 heterocycles. The van der Waals surface area contributed by atoms with Gasteiger partial charge in [-0.2, -0.15) is 0 Å². The van der Waals surface area contributed by atoms with E-state index in [0.29, 0.717) is 0 Å². The molecule has 0 saturated heterocycles. The average Bonchev–Trinajstić information content (AvgIpc) is 2.44. The van der Waals surface area contributed by atoms with E-state index in [4.69, 9.17) is 4.74 Å². The fraction of sp³-hybridized carbons (Fsp3) is 0.625. The SMILES string of the molecule is CC[NH+](CC)CCCCCCOc1ccc(F)cc1. The van der Waals surface area contributed by atoms with Crippen molar-refractivity contribution in [2.75, 3.05) is 26.2 Å².